The number of benzene rings is 3. The van der Waals surface area contributed by atoms with Crippen molar-refractivity contribution in [2.45, 2.75) is 13.0 Å². The number of nitrogens with zero attached hydrogens (tertiary/aromatic N) is 4. The molecule has 5 aromatic rings. The number of hydrogen-bond acceptors (Lipinski definition) is 4. The molecule has 5 rings (SSSR count). The molecule has 1 atom stereocenters. The molecule has 0 aliphatic heterocycles. The Morgan fingerprint density at radius 1 is 0.886 bits per heavy atom. The van der Waals surface area contributed by atoms with Gasteiger partial charge >= 0.3 is 0 Å². The molecular weight excluding hydrogens is 468 g/mol. The summed E-state index contributed by atoms with van der Waals surface area (Å²) < 4.78 is 29.1. The lowest BCUT2D eigenvalue weighted by Crippen LogP contribution is -2.10. The number of nitrogens with one attached hydrogen (secondary N) is 1. The van der Waals surface area contributed by atoms with E-state index < -0.39 is 5.82 Å². The highest BCUT2D eigenvalue weighted by atomic mass is 35.5. The van der Waals surface area contributed by atoms with Crippen LogP contribution in [-0.4, -0.2) is 19.5 Å². The van der Waals surface area contributed by atoms with E-state index in [2.05, 4.69) is 10.3 Å². The van der Waals surface area contributed by atoms with Gasteiger partial charge in [0.1, 0.15) is 23.3 Å². The second-order valence-corrected chi connectivity index (χ2v) is 8.38. The van der Waals surface area contributed by atoms with E-state index in [9.17, 15) is 8.78 Å². The maximum absolute atomic E-state index is 13.7. The van der Waals surface area contributed by atoms with Gasteiger partial charge in [-0.25, -0.2) is 18.7 Å². The molecule has 0 saturated heterocycles. The monoisotopic (exact) mass is 487 g/mol. The van der Waals surface area contributed by atoms with E-state index in [1.807, 2.05) is 37.3 Å². The molecule has 0 radical (unpaired) electrons. The summed E-state index contributed by atoms with van der Waals surface area (Å²) in [4.78, 5) is 13.8. The van der Waals surface area contributed by atoms with Crippen LogP contribution in [0.15, 0.2) is 91.3 Å². The Morgan fingerprint density at radius 2 is 1.63 bits per heavy atom. The molecule has 1 unspecified atom stereocenters. The molecule has 0 saturated carbocycles. The van der Waals surface area contributed by atoms with E-state index in [0.717, 1.165) is 5.56 Å². The molecule has 3 aromatic carbocycles. The van der Waals surface area contributed by atoms with Gasteiger partial charge in [-0.2, -0.15) is 4.98 Å². The predicted octanol–water partition coefficient (Wildman–Crippen LogP) is 7.10. The Hall–Kier alpha value is -4.10. The third-order valence-corrected chi connectivity index (χ3v) is 5.85. The topological polar surface area (TPSA) is 55.6 Å². The summed E-state index contributed by atoms with van der Waals surface area (Å²) in [5, 5.41) is 3.33. The van der Waals surface area contributed by atoms with Crippen molar-refractivity contribution in [1.29, 1.82) is 0 Å². The quantitative estimate of drug-likeness (QED) is 0.277. The second kappa shape index (κ2) is 9.64. The summed E-state index contributed by atoms with van der Waals surface area (Å²) in [6.45, 7) is 2.03. The normalized spacial score (nSPS) is 11.9. The third-order valence-electron chi connectivity index (χ3n) is 5.56. The summed E-state index contributed by atoms with van der Waals surface area (Å²) in [5.74, 6) is 0.702. The first-order valence-electron chi connectivity index (χ1n) is 10.9. The number of aromatic nitrogens is 4. The smallest absolute Gasteiger partial charge is 0.225 e. The van der Waals surface area contributed by atoms with Crippen LogP contribution in [0.3, 0.4) is 0 Å². The SMILES string of the molecule is CC(Nc1nccc(-n2cc(-c3ccc(F)c(Cl)c3)nc2-c2ccc(F)cc2)n1)c1ccccc1. The third kappa shape index (κ3) is 4.90. The molecule has 1 N–H and O–H groups in total. The number of halogens is 3. The van der Waals surface area contributed by atoms with E-state index in [-0.39, 0.29) is 16.9 Å². The largest absolute Gasteiger partial charge is 0.348 e. The molecule has 174 valence electrons. The Kier molecular flexibility index (Phi) is 6.25. The van der Waals surface area contributed by atoms with Crippen LogP contribution in [-0.2, 0) is 0 Å². The van der Waals surface area contributed by atoms with Gasteiger partial charge in [-0.3, -0.25) is 4.57 Å². The average molecular weight is 488 g/mol. The van der Waals surface area contributed by atoms with Gasteiger partial charge in [-0.15, -0.1) is 0 Å². The highest BCUT2D eigenvalue weighted by Gasteiger charge is 2.16. The highest BCUT2D eigenvalue weighted by Crippen LogP contribution is 2.30. The zero-order valence-electron chi connectivity index (χ0n) is 18.7. The summed E-state index contributed by atoms with van der Waals surface area (Å²) in [5.41, 5.74) is 3.00. The molecule has 0 bridgehead atoms. The molecule has 0 fully saturated rings. The van der Waals surface area contributed by atoms with E-state index >= 15 is 0 Å². The minimum absolute atomic E-state index is 0.00352. The van der Waals surface area contributed by atoms with Crippen molar-refractivity contribution >= 4 is 17.5 Å². The number of anilines is 1. The molecule has 0 aliphatic carbocycles. The highest BCUT2D eigenvalue weighted by molar-refractivity contribution is 6.31. The van der Waals surface area contributed by atoms with E-state index in [1.165, 1.54) is 24.3 Å². The Labute approximate surface area is 206 Å². The fraction of sp³-hybridized carbons (Fsp3) is 0.0741. The van der Waals surface area contributed by atoms with Gasteiger partial charge < -0.3 is 5.32 Å². The minimum atomic E-state index is -0.507. The summed E-state index contributed by atoms with van der Waals surface area (Å²) in [6, 6.07) is 22.2. The van der Waals surface area contributed by atoms with Gasteiger partial charge in [0, 0.05) is 23.5 Å². The van der Waals surface area contributed by atoms with Crippen LogP contribution in [0.4, 0.5) is 14.7 Å². The maximum Gasteiger partial charge on any atom is 0.225 e. The van der Waals surface area contributed by atoms with E-state index in [1.54, 1.807) is 41.2 Å². The molecular formula is C27H20ClF2N5. The molecule has 5 nitrogen and oxygen atoms in total. The van der Waals surface area contributed by atoms with E-state index in [4.69, 9.17) is 21.6 Å². The van der Waals surface area contributed by atoms with Crippen molar-refractivity contribution in [2.24, 2.45) is 0 Å². The Balaban J connectivity index is 1.56. The van der Waals surface area contributed by atoms with Gasteiger partial charge in [0.2, 0.25) is 5.95 Å². The summed E-state index contributed by atoms with van der Waals surface area (Å²) >= 11 is 6.00. The summed E-state index contributed by atoms with van der Waals surface area (Å²) in [7, 11) is 0. The van der Waals surface area contributed by atoms with Gasteiger partial charge in [0.15, 0.2) is 0 Å². The molecule has 0 aliphatic rings. The zero-order chi connectivity index (χ0) is 24.4. The van der Waals surface area contributed by atoms with Crippen molar-refractivity contribution in [1.82, 2.24) is 19.5 Å². The first kappa shape index (κ1) is 22.7. The molecule has 0 spiro atoms. The van der Waals surface area contributed by atoms with Gasteiger partial charge in [0.25, 0.3) is 0 Å². The predicted molar refractivity (Wildman–Crippen MR) is 133 cm³/mol. The number of imidazole rings is 1. The fourth-order valence-electron chi connectivity index (χ4n) is 3.72. The van der Waals surface area contributed by atoms with Crippen LogP contribution in [0, 0.1) is 11.6 Å². The van der Waals surface area contributed by atoms with E-state index in [0.29, 0.717) is 34.4 Å². The van der Waals surface area contributed by atoms with Crippen LogP contribution >= 0.6 is 11.6 Å². The van der Waals surface area contributed by atoms with Crippen LogP contribution in [0.5, 0.6) is 0 Å². The Morgan fingerprint density at radius 3 is 2.37 bits per heavy atom. The molecule has 0 amide bonds. The minimum Gasteiger partial charge on any atom is -0.348 e. The second-order valence-electron chi connectivity index (χ2n) is 7.97. The molecule has 2 aromatic heterocycles. The molecule has 2 heterocycles. The maximum atomic E-state index is 13.7. The standard InChI is InChI=1S/C27H20ClF2N5/c1-17(18-5-3-2-4-6-18)32-27-31-14-13-25(34-27)35-16-24(20-9-12-23(30)22(28)15-20)33-26(35)19-7-10-21(29)11-8-19/h2-17H,1H3,(H,31,32,34). The lowest BCUT2D eigenvalue weighted by Gasteiger charge is -2.15. The number of rotatable bonds is 6. The van der Waals surface area contributed by atoms with Gasteiger partial charge in [-0.05, 0) is 61.0 Å². The van der Waals surface area contributed by atoms with Crippen molar-refractivity contribution in [2.75, 3.05) is 5.32 Å². The Bertz CT molecular complexity index is 1470. The molecule has 8 heteroatoms. The average Bonchev–Trinajstić information content (AvgIpc) is 3.32. The van der Waals surface area contributed by atoms with Crippen LogP contribution in [0.25, 0.3) is 28.5 Å². The fourth-order valence-corrected chi connectivity index (χ4v) is 3.90. The van der Waals surface area contributed by atoms with Crippen LogP contribution in [0.2, 0.25) is 5.02 Å². The lowest BCUT2D eigenvalue weighted by atomic mass is 10.1. The van der Waals surface area contributed by atoms with Crippen LogP contribution in [0.1, 0.15) is 18.5 Å². The van der Waals surface area contributed by atoms with Crippen molar-refractivity contribution in [3.63, 3.8) is 0 Å². The van der Waals surface area contributed by atoms with Gasteiger partial charge in [-0.1, -0.05) is 41.9 Å². The lowest BCUT2D eigenvalue weighted by molar-refractivity contribution is 0.628. The van der Waals surface area contributed by atoms with Gasteiger partial charge in [0.05, 0.1) is 16.8 Å². The first-order valence-corrected chi connectivity index (χ1v) is 11.3. The van der Waals surface area contributed by atoms with Crippen molar-refractivity contribution in [3.8, 4) is 28.5 Å². The first-order chi connectivity index (χ1) is 17.0. The number of hydrogen-bond donors (Lipinski definition) is 1. The van der Waals surface area contributed by atoms with Crippen molar-refractivity contribution < 1.29 is 8.78 Å². The molecule has 35 heavy (non-hydrogen) atoms. The summed E-state index contributed by atoms with van der Waals surface area (Å²) in [6.07, 6.45) is 3.44. The van der Waals surface area contributed by atoms with Crippen molar-refractivity contribution in [3.05, 3.63) is 113 Å². The van der Waals surface area contributed by atoms with Crippen LogP contribution < -0.4 is 5.32 Å². The zero-order valence-corrected chi connectivity index (χ0v) is 19.4.